The van der Waals surface area contributed by atoms with E-state index in [1.165, 1.54) is 18.4 Å². The maximum absolute atomic E-state index is 6.54. The van der Waals surface area contributed by atoms with E-state index in [1.807, 2.05) is 11.8 Å². The van der Waals surface area contributed by atoms with Crippen LogP contribution in [0.1, 0.15) is 70.4 Å². The molecule has 1 saturated heterocycles. The molecule has 174 valence electrons. The Morgan fingerprint density at radius 2 is 1.87 bits per heavy atom. The van der Waals surface area contributed by atoms with Gasteiger partial charge in [0.2, 0.25) is 0 Å². The second kappa shape index (κ2) is 11.5. The van der Waals surface area contributed by atoms with Gasteiger partial charge >= 0.3 is 0 Å². The molecule has 0 amide bonds. The molecule has 1 unspecified atom stereocenters. The van der Waals surface area contributed by atoms with Crippen molar-refractivity contribution < 1.29 is 9.47 Å². The number of benzene rings is 1. The quantitative estimate of drug-likeness (QED) is 0.282. The lowest BCUT2D eigenvalue weighted by Crippen LogP contribution is -2.47. The highest BCUT2D eigenvalue weighted by Gasteiger charge is 2.43. The first-order chi connectivity index (χ1) is 14.7. The van der Waals surface area contributed by atoms with Crippen LogP contribution in [0, 0.1) is 0 Å². The number of ether oxygens (including phenoxy) is 2. The smallest absolute Gasteiger partial charge is 0.191 e. The number of hydrogen-bond acceptors (Lipinski definition) is 4. The van der Waals surface area contributed by atoms with Crippen LogP contribution in [0.3, 0.4) is 0 Å². The van der Waals surface area contributed by atoms with Gasteiger partial charge in [-0.3, -0.25) is 4.99 Å². The van der Waals surface area contributed by atoms with E-state index in [9.17, 15) is 0 Å². The average Bonchev–Trinajstić information content (AvgIpc) is 3.20. The average molecular weight is 560 g/mol. The first-order valence-electron chi connectivity index (χ1n) is 11.7. The summed E-state index contributed by atoms with van der Waals surface area (Å²) in [6.07, 6.45) is 8.02. The van der Waals surface area contributed by atoms with Crippen LogP contribution >= 0.6 is 35.7 Å². The Balaban J connectivity index is 0.00000272. The van der Waals surface area contributed by atoms with Gasteiger partial charge in [0, 0.05) is 36.5 Å². The minimum absolute atomic E-state index is 0. The van der Waals surface area contributed by atoms with Gasteiger partial charge in [0.15, 0.2) is 5.96 Å². The number of guanidine groups is 1. The van der Waals surface area contributed by atoms with E-state index in [0.717, 1.165) is 75.9 Å². The summed E-state index contributed by atoms with van der Waals surface area (Å²) < 4.78 is 12.4. The number of halogens is 1. The third kappa shape index (κ3) is 6.02. The summed E-state index contributed by atoms with van der Waals surface area (Å²) in [7, 11) is 0. The van der Waals surface area contributed by atoms with Gasteiger partial charge in [0.1, 0.15) is 11.4 Å². The summed E-state index contributed by atoms with van der Waals surface area (Å²) in [6, 6.07) is 8.76. The van der Waals surface area contributed by atoms with E-state index in [4.69, 9.17) is 14.5 Å². The van der Waals surface area contributed by atoms with Gasteiger partial charge < -0.3 is 20.1 Å². The molecule has 1 spiro atoms. The maximum atomic E-state index is 6.54. The highest BCUT2D eigenvalue weighted by atomic mass is 127. The Hall–Kier alpha value is -0.670. The maximum Gasteiger partial charge on any atom is 0.191 e. The standard InChI is InChI=1S/C24H37N3O2S.HI/c1-3-25-22(26-18-24(30-4-2)13-15-28-16-14-24)27-20-17-23(11-7-8-12-23)29-21-10-6-5-9-19(20)21;/h5-6,9-10,20H,3-4,7-8,11-18H2,1-2H3,(H2,25,26,27);1H. The number of para-hydroxylation sites is 1. The molecule has 1 aliphatic carbocycles. The Labute approximate surface area is 208 Å². The van der Waals surface area contributed by atoms with E-state index < -0.39 is 0 Å². The second-order valence-corrected chi connectivity index (χ2v) is 10.6. The van der Waals surface area contributed by atoms with E-state index in [2.05, 4.69) is 48.7 Å². The van der Waals surface area contributed by atoms with Crippen molar-refractivity contribution in [3.8, 4) is 5.75 Å². The number of nitrogens with one attached hydrogen (secondary N) is 2. The lowest BCUT2D eigenvalue weighted by Gasteiger charge is -2.41. The predicted octanol–water partition coefficient (Wildman–Crippen LogP) is 5.30. The molecule has 1 aromatic rings. The highest BCUT2D eigenvalue weighted by molar-refractivity contribution is 14.0. The fourth-order valence-corrected chi connectivity index (χ4v) is 6.40. The molecule has 3 aliphatic rings. The number of aliphatic imine (C=N–C) groups is 1. The molecule has 5 nitrogen and oxygen atoms in total. The van der Waals surface area contributed by atoms with Crippen molar-refractivity contribution in [3.63, 3.8) is 0 Å². The van der Waals surface area contributed by atoms with Crippen molar-refractivity contribution in [1.82, 2.24) is 10.6 Å². The summed E-state index contributed by atoms with van der Waals surface area (Å²) in [5, 5.41) is 7.28. The normalized spacial score (nSPS) is 24.1. The summed E-state index contributed by atoms with van der Waals surface area (Å²) in [5.74, 6) is 3.09. The zero-order valence-corrected chi connectivity index (χ0v) is 22.1. The van der Waals surface area contributed by atoms with Gasteiger partial charge in [0.25, 0.3) is 0 Å². The van der Waals surface area contributed by atoms with Crippen LogP contribution in [0.15, 0.2) is 29.3 Å². The highest BCUT2D eigenvalue weighted by Crippen LogP contribution is 2.47. The van der Waals surface area contributed by atoms with Crippen LogP contribution < -0.4 is 15.4 Å². The first kappa shape index (κ1) is 25.0. The zero-order chi connectivity index (χ0) is 20.9. The lowest BCUT2D eigenvalue weighted by atomic mass is 9.86. The molecule has 2 fully saturated rings. The molecule has 0 bridgehead atoms. The fourth-order valence-electron chi connectivity index (χ4n) is 5.18. The molecule has 0 radical (unpaired) electrons. The predicted molar refractivity (Wildman–Crippen MR) is 141 cm³/mol. The molecule has 2 aliphatic heterocycles. The molecule has 1 saturated carbocycles. The first-order valence-corrected chi connectivity index (χ1v) is 12.7. The largest absolute Gasteiger partial charge is 0.487 e. The van der Waals surface area contributed by atoms with Gasteiger partial charge in [-0.15, -0.1) is 24.0 Å². The van der Waals surface area contributed by atoms with Gasteiger partial charge in [-0.25, -0.2) is 0 Å². The number of thioether (sulfide) groups is 1. The Morgan fingerprint density at radius 1 is 1.13 bits per heavy atom. The Bertz CT molecular complexity index is 728. The van der Waals surface area contributed by atoms with Crippen molar-refractivity contribution in [2.24, 2.45) is 4.99 Å². The number of rotatable bonds is 6. The molecule has 1 aromatic carbocycles. The third-order valence-electron chi connectivity index (χ3n) is 6.75. The van der Waals surface area contributed by atoms with Gasteiger partial charge in [-0.1, -0.05) is 25.1 Å². The van der Waals surface area contributed by atoms with Crippen molar-refractivity contribution in [1.29, 1.82) is 0 Å². The molecule has 0 aromatic heterocycles. The van der Waals surface area contributed by atoms with Crippen LogP contribution in [0.5, 0.6) is 5.75 Å². The Kier molecular flexibility index (Phi) is 9.22. The monoisotopic (exact) mass is 559 g/mol. The molecular formula is C24H38IN3O2S. The molecule has 2 heterocycles. The molecule has 7 heteroatoms. The van der Waals surface area contributed by atoms with Crippen molar-refractivity contribution in [2.45, 2.75) is 75.2 Å². The Morgan fingerprint density at radius 3 is 2.58 bits per heavy atom. The minimum Gasteiger partial charge on any atom is -0.487 e. The lowest BCUT2D eigenvalue weighted by molar-refractivity contribution is 0.0395. The summed E-state index contributed by atoms with van der Waals surface area (Å²) in [4.78, 5) is 5.09. The molecule has 2 N–H and O–H groups in total. The third-order valence-corrected chi connectivity index (χ3v) is 8.19. The number of nitrogens with zero attached hydrogens (tertiary/aromatic N) is 1. The van der Waals surface area contributed by atoms with Crippen LogP contribution in [0.4, 0.5) is 0 Å². The zero-order valence-electron chi connectivity index (χ0n) is 19.0. The van der Waals surface area contributed by atoms with Crippen molar-refractivity contribution >= 4 is 41.7 Å². The topological polar surface area (TPSA) is 54.9 Å². The summed E-state index contributed by atoms with van der Waals surface area (Å²) in [5.41, 5.74) is 1.24. The van der Waals surface area contributed by atoms with E-state index in [0.29, 0.717) is 0 Å². The summed E-state index contributed by atoms with van der Waals surface area (Å²) >= 11 is 2.05. The molecule has 1 atom stereocenters. The SMILES string of the molecule is CCNC(=NCC1(SCC)CCOCC1)NC1CC2(CCCC2)Oc2ccccc21.I. The van der Waals surface area contributed by atoms with Gasteiger partial charge in [0.05, 0.1) is 12.6 Å². The fraction of sp³-hybridized carbons (Fsp3) is 0.708. The van der Waals surface area contributed by atoms with E-state index >= 15 is 0 Å². The minimum atomic E-state index is -0.0106. The van der Waals surface area contributed by atoms with E-state index in [1.54, 1.807) is 0 Å². The number of fused-ring (bicyclic) bond motifs is 1. The molecular weight excluding hydrogens is 521 g/mol. The molecule has 31 heavy (non-hydrogen) atoms. The van der Waals surface area contributed by atoms with Crippen molar-refractivity contribution in [3.05, 3.63) is 29.8 Å². The second-order valence-electron chi connectivity index (χ2n) is 8.85. The van der Waals surface area contributed by atoms with Crippen LogP contribution in [0.2, 0.25) is 0 Å². The van der Waals surface area contributed by atoms with Crippen LogP contribution in [-0.2, 0) is 4.74 Å². The summed E-state index contributed by atoms with van der Waals surface area (Å²) in [6.45, 7) is 7.78. The number of hydrogen-bond donors (Lipinski definition) is 2. The van der Waals surface area contributed by atoms with Crippen LogP contribution in [-0.4, -0.2) is 48.4 Å². The molecule has 4 rings (SSSR count). The van der Waals surface area contributed by atoms with E-state index in [-0.39, 0.29) is 40.4 Å². The van der Waals surface area contributed by atoms with Crippen molar-refractivity contribution in [2.75, 3.05) is 32.1 Å². The van der Waals surface area contributed by atoms with Crippen LogP contribution in [0.25, 0.3) is 0 Å². The van der Waals surface area contributed by atoms with Gasteiger partial charge in [-0.05, 0) is 57.3 Å². The van der Waals surface area contributed by atoms with Gasteiger partial charge in [-0.2, -0.15) is 11.8 Å².